The van der Waals surface area contributed by atoms with E-state index in [0.29, 0.717) is 18.6 Å². The molecule has 196 valence electrons. The predicted octanol–water partition coefficient (Wildman–Crippen LogP) is 5.12. The molecule has 6 N–H and O–H groups in total. The van der Waals surface area contributed by atoms with Gasteiger partial charge < -0.3 is 30.0 Å². The summed E-state index contributed by atoms with van der Waals surface area (Å²) in [5, 5.41) is 24.1. The molecule has 0 saturated heterocycles. The van der Waals surface area contributed by atoms with Crippen molar-refractivity contribution < 1.29 is 48.9 Å². The monoisotopic (exact) mass is 498 g/mol. The van der Waals surface area contributed by atoms with Crippen LogP contribution in [0.15, 0.2) is 12.2 Å². The fourth-order valence-electron chi connectivity index (χ4n) is 2.79. The molecule has 0 atom stereocenters. The normalized spacial score (nSPS) is 10.7. The molecule has 0 aliphatic carbocycles. The van der Waals surface area contributed by atoms with Gasteiger partial charge in [-0.25, -0.2) is 14.2 Å². The number of carbonyl (C=O) groups is 3. The van der Waals surface area contributed by atoms with Gasteiger partial charge in [0.2, 0.25) is 0 Å². The molecule has 0 radical (unpaired) electrons. The third-order valence-corrected chi connectivity index (χ3v) is 4.36. The molecular weight excluding hydrogens is 455 g/mol. The van der Waals surface area contributed by atoms with E-state index < -0.39 is 25.7 Å². The maximum atomic E-state index is 10.3. The number of hydrogen-bond donors (Lipinski definition) is 6. The Morgan fingerprint density at radius 2 is 0.818 bits per heavy atom. The molecule has 0 heterocycles. The minimum atomic E-state index is -4.64. The second-order valence-corrected chi connectivity index (χ2v) is 8.64. The molecular formula is C22H43O10P. The molecule has 11 heteroatoms. The van der Waals surface area contributed by atoms with Crippen molar-refractivity contribution in [1.82, 2.24) is 0 Å². The number of aliphatic carboxylic acids is 3. The Hall–Kier alpha value is -1.74. The van der Waals surface area contributed by atoms with Crippen LogP contribution >= 0.6 is 7.82 Å². The van der Waals surface area contributed by atoms with Gasteiger partial charge in [-0.15, -0.1) is 0 Å². The molecule has 0 aromatic heterocycles. The van der Waals surface area contributed by atoms with Crippen LogP contribution in [-0.2, 0) is 18.9 Å². The summed E-state index contributed by atoms with van der Waals surface area (Å²) < 4.78 is 8.88. The van der Waals surface area contributed by atoms with Gasteiger partial charge in [0.15, 0.2) is 0 Å². The van der Waals surface area contributed by atoms with Crippen LogP contribution < -0.4 is 0 Å². The van der Waals surface area contributed by atoms with Crippen molar-refractivity contribution >= 4 is 25.7 Å². The summed E-state index contributed by atoms with van der Waals surface area (Å²) in [4.78, 5) is 51.0. The second kappa shape index (κ2) is 26.5. The van der Waals surface area contributed by atoms with Crippen molar-refractivity contribution in [2.75, 3.05) is 0 Å². The summed E-state index contributed by atoms with van der Waals surface area (Å²) in [6.07, 6.45) is 21.3. The summed E-state index contributed by atoms with van der Waals surface area (Å²) in [5.41, 5.74) is 0. The molecule has 0 saturated carbocycles. The zero-order valence-electron chi connectivity index (χ0n) is 19.7. The van der Waals surface area contributed by atoms with Crippen LogP contribution in [0.1, 0.15) is 110 Å². The van der Waals surface area contributed by atoms with Crippen molar-refractivity contribution in [3.8, 4) is 0 Å². The van der Waals surface area contributed by atoms with E-state index in [0.717, 1.165) is 12.8 Å². The quantitative estimate of drug-likeness (QED) is 0.0840. The summed E-state index contributed by atoms with van der Waals surface area (Å²) in [5.74, 6) is -3.17. The van der Waals surface area contributed by atoms with E-state index in [9.17, 15) is 14.4 Å². The minimum Gasteiger partial charge on any atom is -0.481 e. The van der Waals surface area contributed by atoms with Gasteiger partial charge in [-0.1, -0.05) is 96.8 Å². The van der Waals surface area contributed by atoms with Gasteiger partial charge in [0.25, 0.3) is 0 Å². The van der Waals surface area contributed by atoms with Gasteiger partial charge >= 0.3 is 25.7 Å². The lowest BCUT2D eigenvalue weighted by Gasteiger charge is -2.03. The van der Waals surface area contributed by atoms with E-state index in [4.69, 9.17) is 34.6 Å². The van der Waals surface area contributed by atoms with E-state index in [2.05, 4.69) is 6.92 Å². The number of phosphoric acid groups is 1. The highest BCUT2D eigenvalue weighted by Gasteiger charge is 2.00. The fraction of sp³-hybridized carbons (Fsp3) is 0.773. The van der Waals surface area contributed by atoms with E-state index in [1.807, 2.05) is 0 Å². The highest BCUT2D eigenvalue weighted by Crippen LogP contribution is 2.25. The number of carboxylic acid groups (broad SMARTS) is 3. The Morgan fingerprint density at radius 3 is 1.03 bits per heavy atom. The summed E-state index contributed by atoms with van der Waals surface area (Å²) in [6, 6.07) is 0. The molecule has 0 bridgehead atoms. The maximum absolute atomic E-state index is 10.3. The lowest BCUT2D eigenvalue weighted by Crippen LogP contribution is -1.93. The average Bonchev–Trinajstić information content (AvgIpc) is 2.68. The predicted molar refractivity (Wildman–Crippen MR) is 126 cm³/mol. The van der Waals surface area contributed by atoms with Crippen molar-refractivity contribution in [3.05, 3.63) is 12.2 Å². The molecule has 0 aromatic rings. The Kier molecular flexibility index (Phi) is 28.8. The highest BCUT2D eigenvalue weighted by atomic mass is 31.2. The molecule has 0 fully saturated rings. The summed E-state index contributed by atoms with van der Waals surface area (Å²) >= 11 is 0. The topological polar surface area (TPSA) is 190 Å². The van der Waals surface area contributed by atoms with Crippen LogP contribution in [0.2, 0.25) is 0 Å². The van der Waals surface area contributed by atoms with Gasteiger partial charge in [-0.3, -0.25) is 4.79 Å². The first-order chi connectivity index (χ1) is 15.4. The lowest BCUT2D eigenvalue weighted by atomic mass is 10.0. The van der Waals surface area contributed by atoms with Crippen molar-refractivity contribution in [2.24, 2.45) is 0 Å². The number of unbranched alkanes of at least 4 members (excludes halogenated alkanes) is 14. The lowest BCUT2D eigenvalue weighted by molar-refractivity contribution is -0.137. The van der Waals surface area contributed by atoms with Crippen molar-refractivity contribution in [1.29, 1.82) is 0 Å². The summed E-state index contributed by atoms with van der Waals surface area (Å²) in [7, 11) is -4.64. The molecule has 0 aromatic carbocycles. The standard InChI is InChI=1S/C18H36O2.C4H4O4.H3O4P/c1-2-3-4-5-6-7-8-9-10-11-12-13-14-15-16-17-18(19)20;5-3(6)1-2-4(7)8;1-5(2,3)4/h2-17H2,1H3,(H,19,20);1-2H,(H,5,6)(H,7,8);(H3,1,2,3,4). The van der Waals surface area contributed by atoms with E-state index in [1.54, 1.807) is 0 Å². The molecule has 10 nitrogen and oxygen atoms in total. The number of hydrogen-bond acceptors (Lipinski definition) is 4. The minimum absolute atomic E-state index is 0.345. The number of carboxylic acids is 3. The first-order valence-corrected chi connectivity index (χ1v) is 13.1. The highest BCUT2D eigenvalue weighted by molar-refractivity contribution is 7.45. The van der Waals surface area contributed by atoms with Crippen molar-refractivity contribution in [2.45, 2.75) is 110 Å². The zero-order chi connectivity index (χ0) is 26.0. The Balaban J connectivity index is -0.000000565. The molecule has 0 aliphatic rings. The van der Waals surface area contributed by atoms with Crippen LogP contribution in [0, 0.1) is 0 Å². The second-order valence-electron chi connectivity index (χ2n) is 7.62. The molecule has 0 rings (SSSR count). The first kappa shape index (κ1) is 35.8. The molecule has 0 amide bonds. The van der Waals surface area contributed by atoms with Crippen LogP contribution in [0.25, 0.3) is 0 Å². The van der Waals surface area contributed by atoms with E-state index >= 15 is 0 Å². The first-order valence-electron chi connectivity index (χ1n) is 11.5. The third-order valence-electron chi connectivity index (χ3n) is 4.36. The smallest absolute Gasteiger partial charge is 0.466 e. The molecule has 0 unspecified atom stereocenters. The van der Waals surface area contributed by atoms with Gasteiger partial charge in [0, 0.05) is 18.6 Å². The van der Waals surface area contributed by atoms with Crippen LogP contribution in [-0.4, -0.2) is 47.9 Å². The summed E-state index contributed by atoms with van der Waals surface area (Å²) in [6.45, 7) is 2.27. The Bertz CT molecular complexity index is 533. The van der Waals surface area contributed by atoms with Crippen LogP contribution in [0.4, 0.5) is 0 Å². The maximum Gasteiger partial charge on any atom is 0.466 e. The van der Waals surface area contributed by atoms with E-state index in [1.165, 1.54) is 83.5 Å². The van der Waals surface area contributed by atoms with Gasteiger partial charge in [-0.2, -0.15) is 0 Å². The molecule has 33 heavy (non-hydrogen) atoms. The van der Waals surface area contributed by atoms with Crippen molar-refractivity contribution in [3.63, 3.8) is 0 Å². The third kappa shape index (κ3) is 58.9. The molecule has 0 aliphatic heterocycles. The Morgan fingerprint density at radius 1 is 0.576 bits per heavy atom. The largest absolute Gasteiger partial charge is 0.481 e. The van der Waals surface area contributed by atoms with Gasteiger partial charge in [0.05, 0.1) is 0 Å². The van der Waals surface area contributed by atoms with Crippen LogP contribution in [0.5, 0.6) is 0 Å². The van der Waals surface area contributed by atoms with Crippen LogP contribution in [0.3, 0.4) is 0 Å². The van der Waals surface area contributed by atoms with Gasteiger partial charge in [0.1, 0.15) is 0 Å². The fourth-order valence-corrected chi connectivity index (χ4v) is 2.79. The SMILES string of the molecule is CCCCCCCCCCCCCCCCCC(=O)O.O=C(O)C=CC(=O)O.O=P(O)(O)O. The van der Waals surface area contributed by atoms with Gasteiger partial charge in [-0.05, 0) is 6.42 Å². The average molecular weight is 499 g/mol. The number of rotatable bonds is 18. The van der Waals surface area contributed by atoms with E-state index in [-0.39, 0.29) is 0 Å². The zero-order valence-corrected chi connectivity index (χ0v) is 20.6. The molecule has 0 spiro atoms. The Labute approximate surface area is 197 Å².